The van der Waals surface area contributed by atoms with Gasteiger partial charge in [-0.25, -0.2) is 9.78 Å². The number of rotatable bonds is 15. The molecule has 3 atom stereocenters. The zero-order valence-electron chi connectivity index (χ0n) is 20.4. The maximum atomic E-state index is 12.9. The minimum atomic E-state index is -0.680. The van der Waals surface area contributed by atoms with Gasteiger partial charge in [-0.05, 0) is 37.8 Å². The van der Waals surface area contributed by atoms with E-state index in [1.54, 1.807) is 16.2 Å². The van der Waals surface area contributed by atoms with Crippen molar-refractivity contribution in [2.45, 2.75) is 82.3 Å². The van der Waals surface area contributed by atoms with Gasteiger partial charge in [0.05, 0.1) is 29.4 Å². The van der Waals surface area contributed by atoms with Gasteiger partial charge in [0.1, 0.15) is 10.8 Å². The number of aromatic nitrogens is 1. The van der Waals surface area contributed by atoms with Crippen LogP contribution >= 0.6 is 38.9 Å². The van der Waals surface area contributed by atoms with Crippen LogP contribution < -0.4 is 10.1 Å². The smallest absolute Gasteiger partial charge is 0.321 e. The summed E-state index contributed by atoms with van der Waals surface area (Å²) in [5.41, 5.74) is 0.846. The van der Waals surface area contributed by atoms with E-state index in [2.05, 4.69) is 35.1 Å². The Hall–Kier alpha value is -1.58. The number of unbranched alkanes of at least 4 members (excludes halogenated alkanes) is 3. The number of halogens is 2. The van der Waals surface area contributed by atoms with Gasteiger partial charge in [-0.2, -0.15) is 0 Å². The molecule has 2 aromatic rings. The van der Waals surface area contributed by atoms with Crippen LogP contribution in [0.3, 0.4) is 0 Å². The fraction of sp³-hybridized carbons (Fsp3) is 0.640. The van der Waals surface area contributed by atoms with Gasteiger partial charge in [0, 0.05) is 23.2 Å². The molecule has 0 aliphatic carbocycles. The number of benzene rings is 1. The highest BCUT2D eigenvalue weighted by molar-refractivity contribution is 9.09. The van der Waals surface area contributed by atoms with E-state index in [9.17, 15) is 9.59 Å². The van der Waals surface area contributed by atoms with Crippen molar-refractivity contribution in [3.8, 4) is 5.75 Å². The molecule has 0 bridgehead atoms. The summed E-state index contributed by atoms with van der Waals surface area (Å²) >= 11 is 11.0. The highest BCUT2D eigenvalue weighted by Crippen LogP contribution is 2.38. The molecular weight excluding hydrogens is 554 g/mol. The second-order valence-corrected chi connectivity index (χ2v) is 11.4. The molecule has 1 fully saturated rings. The molecule has 0 saturated carbocycles. The van der Waals surface area contributed by atoms with Crippen LogP contribution in [0.25, 0.3) is 10.2 Å². The number of hydrogen-bond donors (Lipinski definition) is 1. The van der Waals surface area contributed by atoms with Crippen molar-refractivity contribution >= 4 is 61.1 Å². The molecule has 3 unspecified atom stereocenters. The van der Waals surface area contributed by atoms with Crippen LogP contribution in [0.4, 0.5) is 4.79 Å². The molecule has 194 valence electrons. The lowest BCUT2D eigenvalue weighted by atomic mass is 10.1. The van der Waals surface area contributed by atoms with Crippen molar-refractivity contribution in [3.05, 3.63) is 23.2 Å². The second-order valence-electron chi connectivity index (χ2n) is 8.68. The maximum Gasteiger partial charge on any atom is 0.321 e. The van der Waals surface area contributed by atoms with Crippen LogP contribution in [0.5, 0.6) is 5.75 Å². The zero-order valence-corrected chi connectivity index (χ0v) is 23.6. The van der Waals surface area contributed by atoms with E-state index in [0.717, 1.165) is 33.8 Å². The quantitative estimate of drug-likeness (QED) is 0.141. The molecule has 3 rings (SSSR count). The summed E-state index contributed by atoms with van der Waals surface area (Å²) in [7, 11) is 0. The van der Waals surface area contributed by atoms with E-state index in [1.807, 2.05) is 18.2 Å². The molecule has 2 heterocycles. The second kappa shape index (κ2) is 14.2. The molecular formula is C25H35BrClN3O4S. The van der Waals surface area contributed by atoms with E-state index in [0.29, 0.717) is 25.3 Å². The van der Waals surface area contributed by atoms with Crippen LogP contribution in [0, 0.1) is 0 Å². The van der Waals surface area contributed by atoms with E-state index in [4.69, 9.17) is 26.1 Å². The minimum absolute atomic E-state index is 0.183. The van der Waals surface area contributed by atoms with E-state index in [-0.39, 0.29) is 35.8 Å². The topological polar surface area (TPSA) is 80.8 Å². The first-order valence-corrected chi connectivity index (χ1v) is 14.7. The minimum Gasteiger partial charge on any atom is -0.494 e. The number of fused-ring (bicyclic) bond motifs is 1. The molecule has 7 nitrogen and oxygen atoms in total. The lowest BCUT2D eigenvalue weighted by Crippen LogP contribution is -2.41. The SMILES string of the molecule is CCCCCCOc1ccc2sc(C(CC(Br)CC)N3C(=O)NCC3OC(=O)CCCCl)nc2c1. The molecule has 1 aromatic carbocycles. The Labute approximate surface area is 225 Å². The number of urea groups is 1. The van der Waals surface area contributed by atoms with Crippen molar-refractivity contribution in [3.63, 3.8) is 0 Å². The number of carbonyl (C=O) groups excluding carboxylic acids is 2. The van der Waals surface area contributed by atoms with Gasteiger partial charge in [-0.3, -0.25) is 9.69 Å². The zero-order chi connectivity index (χ0) is 25.2. The van der Waals surface area contributed by atoms with Crippen molar-refractivity contribution in [1.82, 2.24) is 15.2 Å². The molecule has 35 heavy (non-hydrogen) atoms. The Morgan fingerprint density at radius 2 is 2.14 bits per heavy atom. The first-order valence-electron chi connectivity index (χ1n) is 12.5. The number of nitrogens with one attached hydrogen (secondary N) is 1. The molecule has 2 amide bonds. The van der Waals surface area contributed by atoms with Gasteiger partial charge < -0.3 is 14.8 Å². The molecule has 0 spiro atoms. The Balaban J connectivity index is 1.80. The fourth-order valence-electron chi connectivity index (χ4n) is 3.98. The first kappa shape index (κ1) is 28.0. The lowest BCUT2D eigenvalue weighted by Gasteiger charge is -2.31. The van der Waals surface area contributed by atoms with Gasteiger partial charge in [-0.15, -0.1) is 22.9 Å². The Morgan fingerprint density at radius 1 is 1.31 bits per heavy atom. The summed E-state index contributed by atoms with van der Waals surface area (Å²) < 4.78 is 12.6. The van der Waals surface area contributed by atoms with Gasteiger partial charge in [0.2, 0.25) is 0 Å². The highest BCUT2D eigenvalue weighted by atomic mass is 79.9. The molecule has 0 radical (unpaired) electrons. The number of thiazole rings is 1. The average molecular weight is 589 g/mol. The highest BCUT2D eigenvalue weighted by Gasteiger charge is 2.41. The number of ether oxygens (including phenoxy) is 2. The molecule has 1 saturated heterocycles. The number of alkyl halides is 2. The van der Waals surface area contributed by atoms with Gasteiger partial charge in [-0.1, -0.05) is 49.0 Å². The van der Waals surface area contributed by atoms with E-state index in [1.165, 1.54) is 19.3 Å². The van der Waals surface area contributed by atoms with Crippen LogP contribution in [0.2, 0.25) is 0 Å². The van der Waals surface area contributed by atoms with Crippen molar-refractivity contribution in [2.75, 3.05) is 19.0 Å². The number of carbonyl (C=O) groups is 2. The Bertz CT molecular complexity index is 975. The van der Waals surface area contributed by atoms with Crippen molar-refractivity contribution in [1.29, 1.82) is 0 Å². The maximum absolute atomic E-state index is 12.9. The first-order chi connectivity index (χ1) is 17.0. The van der Waals surface area contributed by atoms with Crippen molar-refractivity contribution in [2.24, 2.45) is 0 Å². The number of nitrogens with zero attached hydrogens (tertiary/aromatic N) is 2. The normalized spacial score (nSPS) is 17.4. The van der Waals surface area contributed by atoms with E-state index < -0.39 is 6.23 Å². The van der Waals surface area contributed by atoms with Crippen LogP contribution in [0.15, 0.2) is 18.2 Å². The third-order valence-corrected chi connectivity index (χ3v) is 8.37. The van der Waals surface area contributed by atoms with Gasteiger partial charge in [0.25, 0.3) is 0 Å². The Kier molecular flexibility index (Phi) is 11.4. The summed E-state index contributed by atoms with van der Waals surface area (Å²) in [5, 5.41) is 3.64. The molecule has 1 aliphatic heterocycles. The average Bonchev–Trinajstić information content (AvgIpc) is 3.43. The van der Waals surface area contributed by atoms with Crippen LogP contribution in [0.1, 0.15) is 76.3 Å². The van der Waals surface area contributed by atoms with Gasteiger partial charge in [0.15, 0.2) is 6.23 Å². The summed E-state index contributed by atoms with van der Waals surface area (Å²) in [6.45, 7) is 5.23. The van der Waals surface area contributed by atoms with Crippen molar-refractivity contribution < 1.29 is 19.1 Å². The molecule has 1 aromatic heterocycles. The van der Waals surface area contributed by atoms with Crippen LogP contribution in [-0.2, 0) is 9.53 Å². The Morgan fingerprint density at radius 3 is 2.89 bits per heavy atom. The number of amides is 2. The van der Waals surface area contributed by atoms with Crippen LogP contribution in [-0.4, -0.2) is 52.0 Å². The largest absolute Gasteiger partial charge is 0.494 e. The molecule has 1 aliphatic rings. The predicted octanol–water partition coefficient (Wildman–Crippen LogP) is 6.77. The monoisotopic (exact) mass is 587 g/mol. The molecule has 10 heteroatoms. The summed E-state index contributed by atoms with van der Waals surface area (Å²) in [6, 6.07) is 5.38. The third-order valence-electron chi connectivity index (χ3n) is 5.94. The standard InChI is InChI=1S/C25H35BrClN3O4S/c1-3-5-6-7-13-33-18-10-11-21-19(15-18)29-24(35-21)20(14-17(26)4-2)30-22(16-28-25(30)32)34-23(31)9-8-12-27/h10-11,15,17,20,22H,3-9,12-14,16H2,1-2H3,(H,28,32). The van der Waals surface area contributed by atoms with E-state index >= 15 is 0 Å². The lowest BCUT2D eigenvalue weighted by molar-refractivity contribution is -0.155. The summed E-state index contributed by atoms with van der Waals surface area (Å²) in [6.07, 6.45) is 6.26. The number of esters is 1. The fourth-order valence-corrected chi connectivity index (χ4v) is 5.52. The third kappa shape index (κ3) is 7.95. The number of hydrogen-bond acceptors (Lipinski definition) is 6. The molecule has 1 N–H and O–H groups in total. The summed E-state index contributed by atoms with van der Waals surface area (Å²) in [4.78, 5) is 31.9. The predicted molar refractivity (Wildman–Crippen MR) is 145 cm³/mol. The van der Waals surface area contributed by atoms with Gasteiger partial charge >= 0.3 is 12.0 Å². The summed E-state index contributed by atoms with van der Waals surface area (Å²) in [5.74, 6) is 0.840.